The van der Waals surface area contributed by atoms with Crippen molar-refractivity contribution < 1.29 is 4.74 Å². The summed E-state index contributed by atoms with van der Waals surface area (Å²) in [7, 11) is 0. The fourth-order valence-corrected chi connectivity index (χ4v) is 4.25. The van der Waals surface area contributed by atoms with Crippen LogP contribution in [0.1, 0.15) is 46.0 Å². The molecule has 28 heavy (non-hydrogen) atoms. The molecule has 2 aliphatic rings. The van der Waals surface area contributed by atoms with Gasteiger partial charge in [0.05, 0.1) is 0 Å². The zero-order valence-electron chi connectivity index (χ0n) is 17.8. The third-order valence-electron chi connectivity index (χ3n) is 6.08. The van der Waals surface area contributed by atoms with Crippen molar-refractivity contribution in [2.75, 3.05) is 45.8 Å². The Bertz CT molecular complexity index is 576. The lowest BCUT2D eigenvalue weighted by Gasteiger charge is -2.34. The van der Waals surface area contributed by atoms with Gasteiger partial charge in [-0.3, -0.25) is 4.99 Å². The van der Waals surface area contributed by atoms with Gasteiger partial charge in [0, 0.05) is 39.0 Å². The van der Waals surface area contributed by atoms with Crippen molar-refractivity contribution >= 4 is 5.96 Å². The first-order valence-corrected chi connectivity index (χ1v) is 11.3. The maximum Gasteiger partial charge on any atom is 0.193 e. The van der Waals surface area contributed by atoms with Crippen LogP contribution >= 0.6 is 0 Å². The van der Waals surface area contributed by atoms with Crippen molar-refractivity contribution in [1.29, 1.82) is 0 Å². The fraction of sp³-hybridized carbons (Fsp3) is 0.696. The van der Waals surface area contributed by atoms with Gasteiger partial charge in [-0.2, -0.15) is 0 Å². The summed E-state index contributed by atoms with van der Waals surface area (Å²) in [5.41, 5.74) is 0. The van der Waals surface area contributed by atoms with Gasteiger partial charge in [-0.1, -0.05) is 25.1 Å². The van der Waals surface area contributed by atoms with Crippen molar-refractivity contribution in [3.63, 3.8) is 0 Å². The minimum atomic E-state index is 0.310. The Morgan fingerprint density at radius 3 is 2.39 bits per heavy atom. The average Bonchev–Trinajstić information content (AvgIpc) is 2.75. The Morgan fingerprint density at radius 1 is 1.04 bits per heavy atom. The Morgan fingerprint density at radius 2 is 1.75 bits per heavy atom. The smallest absolute Gasteiger partial charge is 0.193 e. The maximum absolute atomic E-state index is 6.13. The van der Waals surface area contributed by atoms with E-state index >= 15 is 0 Å². The standard InChI is InChI=1S/C23H38N4O/c1-3-24-23(25-15-10-20-11-16-26(4-2)17-12-20)27-18-13-22(14-19-27)28-21-8-6-5-7-9-21/h5-9,20,22H,3-4,10-19H2,1-2H3,(H,24,25). The molecular weight excluding hydrogens is 348 g/mol. The number of rotatable bonds is 7. The zero-order valence-corrected chi connectivity index (χ0v) is 17.8. The number of piperidine rings is 2. The summed E-state index contributed by atoms with van der Waals surface area (Å²) >= 11 is 0. The molecule has 5 nitrogen and oxygen atoms in total. The molecule has 2 aliphatic heterocycles. The zero-order chi connectivity index (χ0) is 19.6. The van der Waals surface area contributed by atoms with Crippen LogP contribution in [0.2, 0.25) is 0 Å². The van der Waals surface area contributed by atoms with Crippen molar-refractivity contribution in [2.45, 2.75) is 52.1 Å². The Kier molecular flexibility index (Phi) is 8.46. The molecule has 3 rings (SSSR count). The fourth-order valence-electron chi connectivity index (χ4n) is 4.25. The Labute approximate surface area is 171 Å². The third kappa shape index (κ3) is 6.40. The number of para-hydroxylation sites is 1. The van der Waals surface area contributed by atoms with E-state index in [0.29, 0.717) is 6.10 Å². The molecule has 0 amide bonds. The summed E-state index contributed by atoms with van der Waals surface area (Å²) in [5.74, 6) is 2.92. The van der Waals surface area contributed by atoms with Gasteiger partial charge in [0.15, 0.2) is 5.96 Å². The highest BCUT2D eigenvalue weighted by Crippen LogP contribution is 2.21. The molecule has 0 saturated carbocycles. The summed E-state index contributed by atoms with van der Waals surface area (Å²) in [6, 6.07) is 10.2. The molecule has 0 aliphatic carbocycles. The first-order chi connectivity index (χ1) is 13.8. The molecule has 1 aromatic carbocycles. The number of nitrogens with zero attached hydrogens (tertiary/aromatic N) is 3. The predicted octanol–water partition coefficient (Wildman–Crippen LogP) is 3.62. The number of aliphatic imine (C=N–C) groups is 1. The van der Waals surface area contributed by atoms with Crippen LogP contribution in [0.15, 0.2) is 35.3 Å². The maximum atomic E-state index is 6.13. The molecule has 0 bridgehead atoms. The molecule has 0 radical (unpaired) electrons. The van der Waals surface area contributed by atoms with Crippen molar-refractivity contribution in [3.05, 3.63) is 30.3 Å². The number of guanidine groups is 1. The van der Waals surface area contributed by atoms with Gasteiger partial charge in [0.1, 0.15) is 11.9 Å². The molecule has 1 aromatic rings. The third-order valence-corrected chi connectivity index (χ3v) is 6.08. The second kappa shape index (κ2) is 11.3. The lowest BCUT2D eigenvalue weighted by Crippen LogP contribution is -2.47. The first kappa shape index (κ1) is 21.0. The lowest BCUT2D eigenvalue weighted by molar-refractivity contribution is 0.129. The van der Waals surface area contributed by atoms with Crippen molar-refractivity contribution in [3.8, 4) is 5.75 Å². The van der Waals surface area contributed by atoms with Crippen LogP contribution in [0.5, 0.6) is 5.75 Å². The molecule has 0 atom stereocenters. The summed E-state index contributed by atoms with van der Waals surface area (Å²) in [5, 5.41) is 3.50. The lowest BCUT2D eigenvalue weighted by atomic mass is 9.94. The molecule has 156 valence electrons. The average molecular weight is 387 g/mol. The van der Waals surface area contributed by atoms with E-state index in [-0.39, 0.29) is 0 Å². The summed E-state index contributed by atoms with van der Waals surface area (Å²) < 4.78 is 6.13. The number of benzene rings is 1. The number of ether oxygens (including phenoxy) is 1. The molecule has 1 N–H and O–H groups in total. The largest absolute Gasteiger partial charge is 0.490 e. The van der Waals surface area contributed by atoms with Crippen LogP contribution in [0.4, 0.5) is 0 Å². The van der Waals surface area contributed by atoms with Gasteiger partial charge >= 0.3 is 0 Å². The van der Waals surface area contributed by atoms with Gasteiger partial charge in [-0.05, 0) is 63.9 Å². The van der Waals surface area contributed by atoms with E-state index in [1.54, 1.807) is 0 Å². The van der Waals surface area contributed by atoms with E-state index in [1.165, 1.54) is 38.9 Å². The molecule has 0 spiro atoms. The second-order valence-corrected chi connectivity index (χ2v) is 8.02. The summed E-state index contributed by atoms with van der Waals surface area (Å²) in [4.78, 5) is 9.93. The van der Waals surface area contributed by atoms with Crippen molar-refractivity contribution in [2.24, 2.45) is 10.9 Å². The van der Waals surface area contributed by atoms with E-state index in [4.69, 9.17) is 9.73 Å². The van der Waals surface area contributed by atoms with Gasteiger partial charge in [-0.25, -0.2) is 0 Å². The number of likely N-dealkylation sites (tertiary alicyclic amines) is 2. The quantitative estimate of drug-likeness (QED) is 0.574. The highest BCUT2D eigenvalue weighted by atomic mass is 16.5. The normalized spacial score (nSPS) is 20.4. The second-order valence-electron chi connectivity index (χ2n) is 8.02. The topological polar surface area (TPSA) is 40.1 Å². The predicted molar refractivity (Wildman–Crippen MR) is 117 cm³/mol. The van der Waals surface area contributed by atoms with E-state index in [0.717, 1.165) is 56.6 Å². The molecule has 5 heteroatoms. The van der Waals surface area contributed by atoms with E-state index in [9.17, 15) is 0 Å². The highest BCUT2D eigenvalue weighted by Gasteiger charge is 2.23. The van der Waals surface area contributed by atoms with Gasteiger partial charge in [-0.15, -0.1) is 0 Å². The van der Waals surface area contributed by atoms with Crippen LogP contribution in [0.25, 0.3) is 0 Å². The first-order valence-electron chi connectivity index (χ1n) is 11.3. The van der Waals surface area contributed by atoms with E-state index in [1.807, 2.05) is 30.3 Å². The highest BCUT2D eigenvalue weighted by molar-refractivity contribution is 5.80. The van der Waals surface area contributed by atoms with E-state index < -0.39 is 0 Å². The number of nitrogens with one attached hydrogen (secondary N) is 1. The minimum Gasteiger partial charge on any atom is -0.490 e. The SMILES string of the molecule is CCNC(=NCCC1CCN(CC)CC1)N1CCC(Oc2ccccc2)CC1. The van der Waals surface area contributed by atoms with E-state index in [2.05, 4.69) is 29.0 Å². The van der Waals surface area contributed by atoms with Gasteiger partial charge in [0.2, 0.25) is 0 Å². The van der Waals surface area contributed by atoms with Gasteiger partial charge < -0.3 is 19.9 Å². The molecule has 0 aromatic heterocycles. The molecular formula is C23H38N4O. The molecule has 2 heterocycles. The van der Waals surface area contributed by atoms with Crippen LogP contribution in [-0.4, -0.2) is 67.7 Å². The summed E-state index contributed by atoms with van der Waals surface area (Å²) in [6.45, 7) is 12.0. The van der Waals surface area contributed by atoms with Crippen LogP contribution in [0.3, 0.4) is 0 Å². The molecule has 2 saturated heterocycles. The monoisotopic (exact) mass is 386 g/mol. The van der Waals surface area contributed by atoms with Crippen LogP contribution < -0.4 is 10.1 Å². The number of hydrogen-bond acceptors (Lipinski definition) is 3. The van der Waals surface area contributed by atoms with Crippen LogP contribution in [-0.2, 0) is 0 Å². The Balaban J connectivity index is 1.43. The summed E-state index contributed by atoms with van der Waals surface area (Å²) in [6.07, 6.45) is 6.30. The van der Waals surface area contributed by atoms with Crippen LogP contribution in [0, 0.1) is 5.92 Å². The van der Waals surface area contributed by atoms with Gasteiger partial charge in [0.25, 0.3) is 0 Å². The molecule has 2 fully saturated rings. The number of hydrogen-bond donors (Lipinski definition) is 1. The minimum absolute atomic E-state index is 0.310. The van der Waals surface area contributed by atoms with Crippen molar-refractivity contribution in [1.82, 2.24) is 15.1 Å². The molecule has 0 unspecified atom stereocenters. The Hall–Kier alpha value is -1.75.